The van der Waals surface area contributed by atoms with Crippen LogP contribution in [-0.4, -0.2) is 0 Å². The fraction of sp³-hybridized carbons (Fsp3) is 1.00. The van der Waals surface area contributed by atoms with Gasteiger partial charge in [0.05, 0.1) is 0 Å². The van der Waals surface area contributed by atoms with Crippen molar-refractivity contribution >= 4 is 0 Å². The molecule has 1 rings (SSSR count). The van der Waals surface area contributed by atoms with Crippen LogP contribution in [0.15, 0.2) is 0 Å². The van der Waals surface area contributed by atoms with Crippen molar-refractivity contribution in [2.45, 2.75) is 66.7 Å². The summed E-state index contributed by atoms with van der Waals surface area (Å²) in [6.45, 7) is 12.0. The average molecular weight is 210 g/mol. The summed E-state index contributed by atoms with van der Waals surface area (Å²) in [6, 6.07) is 0. The van der Waals surface area contributed by atoms with E-state index >= 15 is 0 Å². The standard InChI is InChI=1S/C15H30/c1-6-8-9-10-12(4)15-13(5)14(15)11(3)7-2/h11-15H,6-10H2,1-5H3. The third kappa shape index (κ3) is 3.23. The third-order valence-electron chi connectivity index (χ3n) is 4.74. The zero-order valence-electron chi connectivity index (χ0n) is 11.4. The van der Waals surface area contributed by atoms with Gasteiger partial charge in [-0.3, -0.25) is 0 Å². The smallest absolute Gasteiger partial charge is 0.0326 e. The predicted molar refractivity (Wildman–Crippen MR) is 68.9 cm³/mol. The molecule has 0 amide bonds. The average Bonchev–Trinajstić information content (AvgIpc) is 2.89. The van der Waals surface area contributed by atoms with E-state index < -0.39 is 0 Å². The van der Waals surface area contributed by atoms with Gasteiger partial charge in [-0.05, 0) is 29.6 Å². The van der Waals surface area contributed by atoms with Crippen molar-refractivity contribution in [1.29, 1.82) is 0 Å². The highest BCUT2D eigenvalue weighted by atomic mass is 14.6. The predicted octanol–water partition coefficient (Wildman–Crippen LogP) is 5.13. The minimum Gasteiger partial charge on any atom is -0.0654 e. The van der Waals surface area contributed by atoms with Crippen LogP contribution >= 0.6 is 0 Å². The molecule has 0 bridgehead atoms. The maximum Gasteiger partial charge on any atom is -0.0326 e. The molecule has 0 radical (unpaired) electrons. The van der Waals surface area contributed by atoms with Crippen molar-refractivity contribution in [3.05, 3.63) is 0 Å². The first-order chi connectivity index (χ1) is 7.13. The van der Waals surface area contributed by atoms with Gasteiger partial charge < -0.3 is 0 Å². The summed E-state index contributed by atoms with van der Waals surface area (Å²) in [5.74, 6) is 5.05. The number of hydrogen-bond acceptors (Lipinski definition) is 0. The lowest BCUT2D eigenvalue weighted by molar-refractivity contribution is 0.373. The van der Waals surface area contributed by atoms with Crippen LogP contribution in [0.4, 0.5) is 0 Å². The second-order valence-electron chi connectivity index (χ2n) is 5.87. The Labute approximate surface area is 96.8 Å². The van der Waals surface area contributed by atoms with Gasteiger partial charge in [-0.15, -0.1) is 0 Å². The zero-order valence-corrected chi connectivity index (χ0v) is 11.4. The Balaban J connectivity index is 2.26. The summed E-state index contributed by atoms with van der Waals surface area (Å²) >= 11 is 0. The highest BCUT2D eigenvalue weighted by Crippen LogP contribution is 2.56. The van der Waals surface area contributed by atoms with E-state index in [0.29, 0.717) is 0 Å². The SMILES string of the molecule is CCCCCC(C)C1C(C)C1C(C)CC. The van der Waals surface area contributed by atoms with Gasteiger partial charge >= 0.3 is 0 Å². The highest BCUT2D eigenvalue weighted by Gasteiger charge is 2.50. The van der Waals surface area contributed by atoms with Crippen molar-refractivity contribution in [2.75, 3.05) is 0 Å². The molecule has 15 heavy (non-hydrogen) atoms. The van der Waals surface area contributed by atoms with E-state index in [1.54, 1.807) is 0 Å². The maximum atomic E-state index is 2.49. The Morgan fingerprint density at radius 3 is 2.07 bits per heavy atom. The molecule has 0 aromatic rings. The molecule has 0 N–H and O–H groups in total. The van der Waals surface area contributed by atoms with Crippen molar-refractivity contribution in [3.63, 3.8) is 0 Å². The summed E-state index contributed by atoms with van der Waals surface area (Å²) in [6.07, 6.45) is 7.08. The second-order valence-corrected chi connectivity index (χ2v) is 5.87. The van der Waals surface area contributed by atoms with Gasteiger partial charge in [0.15, 0.2) is 0 Å². The Kier molecular flexibility index (Phi) is 5.15. The molecule has 1 aliphatic carbocycles. The first kappa shape index (κ1) is 13.1. The topological polar surface area (TPSA) is 0 Å². The Morgan fingerprint density at radius 2 is 1.53 bits per heavy atom. The van der Waals surface area contributed by atoms with Crippen LogP contribution in [0.3, 0.4) is 0 Å². The normalized spacial score (nSPS) is 33.8. The molecule has 5 atom stereocenters. The third-order valence-corrected chi connectivity index (χ3v) is 4.74. The molecule has 0 heteroatoms. The molecule has 0 aromatic carbocycles. The van der Waals surface area contributed by atoms with Crippen LogP contribution in [0, 0.1) is 29.6 Å². The van der Waals surface area contributed by atoms with E-state index in [9.17, 15) is 0 Å². The quantitative estimate of drug-likeness (QED) is 0.511. The molecule has 0 aliphatic heterocycles. The van der Waals surface area contributed by atoms with E-state index in [4.69, 9.17) is 0 Å². The molecule has 5 unspecified atom stereocenters. The molecule has 1 fully saturated rings. The van der Waals surface area contributed by atoms with Crippen molar-refractivity contribution < 1.29 is 0 Å². The number of unbranched alkanes of at least 4 members (excludes halogenated alkanes) is 2. The van der Waals surface area contributed by atoms with Gasteiger partial charge in [-0.25, -0.2) is 0 Å². The molecular weight excluding hydrogens is 180 g/mol. The molecule has 0 nitrogen and oxygen atoms in total. The van der Waals surface area contributed by atoms with Crippen LogP contribution in [0.5, 0.6) is 0 Å². The molecular formula is C15H30. The molecule has 1 aliphatic rings. The van der Waals surface area contributed by atoms with Gasteiger partial charge in [0.1, 0.15) is 0 Å². The molecule has 1 saturated carbocycles. The summed E-state index contributed by atoms with van der Waals surface area (Å²) in [5, 5.41) is 0. The van der Waals surface area contributed by atoms with Crippen molar-refractivity contribution in [1.82, 2.24) is 0 Å². The number of rotatable bonds is 7. The van der Waals surface area contributed by atoms with Crippen LogP contribution < -0.4 is 0 Å². The van der Waals surface area contributed by atoms with Crippen LogP contribution in [0.25, 0.3) is 0 Å². The van der Waals surface area contributed by atoms with Crippen molar-refractivity contribution in [3.8, 4) is 0 Å². The largest absolute Gasteiger partial charge is 0.0654 e. The Hall–Kier alpha value is 0. The van der Waals surface area contributed by atoms with Gasteiger partial charge in [0.25, 0.3) is 0 Å². The van der Waals surface area contributed by atoms with E-state index in [1.165, 1.54) is 32.1 Å². The van der Waals surface area contributed by atoms with Crippen LogP contribution in [-0.2, 0) is 0 Å². The fourth-order valence-corrected chi connectivity index (χ4v) is 3.50. The molecule has 90 valence electrons. The number of hydrogen-bond donors (Lipinski definition) is 0. The van der Waals surface area contributed by atoms with Crippen LogP contribution in [0.2, 0.25) is 0 Å². The fourth-order valence-electron chi connectivity index (χ4n) is 3.50. The summed E-state index contributed by atoms with van der Waals surface area (Å²) < 4.78 is 0. The first-order valence-electron chi connectivity index (χ1n) is 7.13. The van der Waals surface area contributed by atoms with Crippen molar-refractivity contribution in [2.24, 2.45) is 29.6 Å². The summed E-state index contributed by atoms with van der Waals surface area (Å²) in [5.41, 5.74) is 0. The molecule has 0 saturated heterocycles. The maximum absolute atomic E-state index is 2.49. The zero-order chi connectivity index (χ0) is 11.4. The Morgan fingerprint density at radius 1 is 0.933 bits per heavy atom. The summed E-state index contributed by atoms with van der Waals surface area (Å²) in [7, 11) is 0. The molecule has 0 spiro atoms. The Bertz CT molecular complexity index is 173. The second kappa shape index (κ2) is 5.92. The van der Waals surface area contributed by atoms with E-state index in [-0.39, 0.29) is 0 Å². The van der Waals surface area contributed by atoms with Gasteiger partial charge in [0.2, 0.25) is 0 Å². The lowest BCUT2D eigenvalue weighted by atomic mass is 9.93. The van der Waals surface area contributed by atoms with E-state index in [2.05, 4.69) is 34.6 Å². The van der Waals surface area contributed by atoms with Gasteiger partial charge in [0, 0.05) is 0 Å². The van der Waals surface area contributed by atoms with Gasteiger partial charge in [-0.1, -0.05) is 66.7 Å². The van der Waals surface area contributed by atoms with Gasteiger partial charge in [-0.2, -0.15) is 0 Å². The van der Waals surface area contributed by atoms with Crippen LogP contribution in [0.1, 0.15) is 66.7 Å². The molecule has 0 aromatic heterocycles. The van der Waals surface area contributed by atoms with E-state index in [0.717, 1.165) is 29.6 Å². The summed E-state index contributed by atoms with van der Waals surface area (Å²) in [4.78, 5) is 0. The minimum atomic E-state index is 0.957. The molecule has 0 heterocycles. The first-order valence-corrected chi connectivity index (χ1v) is 7.13. The lowest BCUT2D eigenvalue weighted by Crippen LogP contribution is -2.04. The minimum absolute atomic E-state index is 0.957. The highest BCUT2D eigenvalue weighted by molar-refractivity contribution is 4.98. The lowest BCUT2D eigenvalue weighted by Gasteiger charge is -2.13. The van der Waals surface area contributed by atoms with E-state index in [1.807, 2.05) is 0 Å². The monoisotopic (exact) mass is 210 g/mol.